The van der Waals surface area contributed by atoms with Crippen molar-refractivity contribution in [1.82, 2.24) is 14.8 Å². The minimum absolute atomic E-state index is 0.00127. The number of anilines is 2. The molecule has 4 rings (SSSR count). The lowest BCUT2D eigenvalue weighted by Crippen LogP contribution is -2.27. The molecule has 0 unspecified atom stereocenters. The van der Waals surface area contributed by atoms with E-state index in [1.807, 2.05) is 60.7 Å². The van der Waals surface area contributed by atoms with Gasteiger partial charge < -0.3 is 4.57 Å². The molecule has 3 aromatic carbocycles. The van der Waals surface area contributed by atoms with Crippen LogP contribution in [0.15, 0.2) is 95.0 Å². The van der Waals surface area contributed by atoms with Crippen molar-refractivity contribution in [2.24, 2.45) is 0 Å². The zero-order valence-corrected chi connectivity index (χ0v) is 20.4. The Labute approximate surface area is 203 Å². The summed E-state index contributed by atoms with van der Waals surface area (Å²) >= 11 is 3.17. The molecule has 0 spiro atoms. The second-order valence-corrected chi connectivity index (χ2v) is 9.42. The van der Waals surface area contributed by atoms with Gasteiger partial charge in [-0.3, -0.25) is 9.69 Å². The van der Waals surface area contributed by atoms with E-state index in [1.165, 1.54) is 22.2 Å². The average molecular weight is 475 g/mol. The minimum atomic E-state index is -0.00127. The second-order valence-electron chi connectivity index (χ2n) is 7.43. The molecule has 0 atom stereocenters. The van der Waals surface area contributed by atoms with Crippen LogP contribution in [-0.4, -0.2) is 26.4 Å². The van der Waals surface area contributed by atoms with E-state index in [2.05, 4.69) is 52.9 Å². The molecule has 33 heavy (non-hydrogen) atoms. The molecule has 1 heterocycles. The maximum atomic E-state index is 13.3. The molecule has 0 saturated heterocycles. The SMILES string of the molecule is CCn1c(CSc2ccc(C)cc2)nnc1SCC(=O)N(c1ccccc1)c1ccccc1. The van der Waals surface area contributed by atoms with Gasteiger partial charge in [-0.15, -0.1) is 22.0 Å². The number of carbonyl (C=O) groups is 1. The Morgan fingerprint density at radius 1 is 0.848 bits per heavy atom. The maximum Gasteiger partial charge on any atom is 0.242 e. The normalized spacial score (nSPS) is 10.8. The van der Waals surface area contributed by atoms with Crippen LogP contribution >= 0.6 is 23.5 Å². The predicted octanol–water partition coefficient (Wildman–Crippen LogP) is 6.36. The van der Waals surface area contributed by atoms with Crippen LogP contribution in [-0.2, 0) is 17.1 Å². The summed E-state index contributed by atoms with van der Waals surface area (Å²) in [4.78, 5) is 16.3. The van der Waals surface area contributed by atoms with E-state index in [-0.39, 0.29) is 11.7 Å². The van der Waals surface area contributed by atoms with E-state index in [9.17, 15) is 4.79 Å². The summed E-state index contributed by atoms with van der Waals surface area (Å²) < 4.78 is 2.09. The Hall–Kier alpha value is -3.03. The van der Waals surface area contributed by atoms with Crippen molar-refractivity contribution in [3.63, 3.8) is 0 Å². The van der Waals surface area contributed by atoms with Gasteiger partial charge in [0.1, 0.15) is 5.82 Å². The number of rotatable bonds is 9. The van der Waals surface area contributed by atoms with Crippen molar-refractivity contribution in [3.8, 4) is 0 Å². The summed E-state index contributed by atoms with van der Waals surface area (Å²) in [6.07, 6.45) is 0. The fourth-order valence-electron chi connectivity index (χ4n) is 3.41. The van der Waals surface area contributed by atoms with E-state index >= 15 is 0 Å². The van der Waals surface area contributed by atoms with E-state index in [0.29, 0.717) is 0 Å². The Morgan fingerprint density at radius 3 is 2.03 bits per heavy atom. The standard InChI is InChI=1S/C26H26N4OS2/c1-3-29-24(18-32-23-16-14-20(2)15-17-23)27-28-26(29)33-19-25(31)30(21-10-6-4-7-11-21)22-12-8-5-9-13-22/h4-17H,3,18-19H2,1-2H3. The van der Waals surface area contributed by atoms with Gasteiger partial charge in [0.25, 0.3) is 0 Å². The average Bonchev–Trinajstić information content (AvgIpc) is 3.25. The molecule has 1 aromatic heterocycles. The molecule has 1 amide bonds. The number of nitrogens with zero attached hydrogens (tertiary/aromatic N) is 4. The Morgan fingerprint density at radius 2 is 1.45 bits per heavy atom. The molecule has 0 aliphatic heterocycles. The van der Waals surface area contributed by atoms with E-state index in [4.69, 9.17) is 0 Å². The van der Waals surface area contributed by atoms with Crippen molar-refractivity contribution >= 4 is 40.8 Å². The molecule has 168 valence electrons. The first-order chi connectivity index (χ1) is 16.2. The van der Waals surface area contributed by atoms with Crippen LogP contribution in [0.1, 0.15) is 18.3 Å². The fraction of sp³-hybridized carbons (Fsp3) is 0.192. The van der Waals surface area contributed by atoms with Crippen LogP contribution in [0, 0.1) is 6.92 Å². The molecule has 7 heteroatoms. The van der Waals surface area contributed by atoms with Crippen LogP contribution < -0.4 is 4.90 Å². The molecular formula is C26H26N4OS2. The number of carbonyl (C=O) groups excluding carboxylic acids is 1. The van der Waals surface area contributed by atoms with Gasteiger partial charge in [-0.05, 0) is 50.2 Å². The first kappa shape index (κ1) is 23.1. The predicted molar refractivity (Wildman–Crippen MR) is 137 cm³/mol. The number of hydrogen-bond donors (Lipinski definition) is 0. The number of para-hydroxylation sites is 2. The Kier molecular flexibility index (Phi) is 7.86. The van der Waals surface area contributed by atoms with Gasteiger partial charge in [0.05, 0.1) is 11.5 Å². The number of aromatic nitrogens is 3. The lowest BCUT2D eigenvalue weighted by Gasteiger charge is -2.23. The van der Waals surface area contributed by atoms with E-state index in [1.54, 1.807) is 16.7 Å². The number of benzene rings is 3. The first-order valence-corrected chi connectivity index (χ1v) is 12.8. The highest BCUT2D eigenvalue weighted by atomic mass is 32.2. The smallest absolute Gasteiger partial charge is 0.242 e. The lowest BCUT2D eigenvalue weighted by atomic mass is 10.2. The molecule has 4 aromatic rings. The highest BCUT2D eigenvalue weighted by Gasteiger charge is 2.20. The molecule has 0 saturated carbocycles. The van der Waals surface area contributed by atoms with Crippen LogP contribution in [0.5, 0.6) is 0 Å². The van der Waals surface area contributed by atoms with Gasteiger partial charge in [0.15, 0.2) is 5.16 Å². The molecule has 0 fully saturated rings. The quantitative estimate of drug-likeness (QED) is 0.264. The van der Waals surface area contributed by atoms with Gasteiger partial charge in [0.2, 0.25) is 5.91 Å². The van der Waals surface area contributed by atoms with Crippen molar-refractivity contribution in [2.45, 2.75) is 36.2 Å². The minimum Gasteiger partial charge on any atom is -0.306 e. The molecular weight excluding hydrogens is 448 g/mol. The summed E-state index contributed by atoms with van der Waals surface area (Å²) in [7, 11) is 0. The lowest BCUT2D eigenvalue weighted by molar-refractivity contribution is -0.115. The van der Waals surface area contributed by atoms with Crippen LogP contribution in [0.25, 0.3) is 0 Å². The van der Waals surface area contributed by atoms with E-state index in [0.717, 1.165) is 34.7 Å². The number of hydrogen-bond acceptors (Lipinski definition) is 5. The number of thioether (sulfide) groups is 2. The summed E-state index contributed by atoms with van der Waals surface area (Å²) in [5.74, 6) is 1.92. The second kappa shape index (κ2) is 11.2. The monoisotopic (exact) mass is 474 g/mol. The van der Waals surface area contributed by atoms with Crippen LogP contribution in [0.4, 0.5) is 11.4 Å². The Bertz CT molecular complexity index is 1140. The molecule has 0 aliphatic rings. The highest BCUT2D eigenvalue weighted by Crippen LogP contribution is 2.28. The van der Waals surface area contributed by atoms with Crippen molar-refractivity contribution < 1.29 is 4.79 Å². The molecule has 0 N–H and O–H groups in total. The van der Waals surface area contributed by atoms with Gasteiger partial charge in [-0.1, -0.05) is 65.9 Å². The molecule has 5 nitrogen and oxygen atoms in total. The number of amides is 1. The fourth-order valence-corrected chi connectivity index (χ4v) is 5.12. The van der Waals surface area contributed by atoms with Gasteiger partial charge >= 0.3 is 0 Å². The third-order valence-corrected chi connectivity index (χ3v) is 7.06. The van der Waals surface area contributed by atoms with Crippen molar-refractivity contribution in [3.05, 3.63) is 96.3 Å². The van der Waals surface area contributed by atoms with Crippen LogP contribution in [0.2, 0.25) is 0 Å². The molecule has 0 radical (unpaired) electrons. The van der Waals surface area contributed by atoms with E-state index < -0.39 is 0 Å². The maximum absolute atomic E-state index is 13.3. The van der Waals surface area contributed by atoms with Gasteiger partial charge in [-0.2, -0.15) is 0 Å². The zero-order valence-electron chi connectivity index (χ0n) is 18.7. The first-order valence-electron chi connectivity index (χ1n) is 10.8. The molecule has 0 bridgehead atoms. The van der Waals surface area contributed by atoms with Crippen LogP contribution in [0.3, 0.4) is 0 Å². The van der Waals surface area contributed by atoms with Crippen molar-refractivity contribution in [2.75, 3.05) is 10.7 Å². The Balaban J connectivity index is 1.46. The summed E-state index contributed by atoms with van der Waals surface area (Å²) in [5, 5.41) is 9.56. The summed E-state index contributed by atoms with van der Waals surface area (Å²) in [6.45, 7) is 4.92. The topological polar surface area (TPSA) is 51.0 Å². The zero-order chi connectivity index (χ0) is 23.0. The van der Waals surface area contributed by atoms with Crippen molar-refractivity contribution in [1.29, 1.82) is 0 Å². The van der Waals surface area contributed by atoms with Gasteiger partial charge in [0, 0.05) is 22.8 Å². The largest absolute Gasteiger partial charge is 0.306 e. The number of aryl methyl sites for hydroxylation is 1. The highest BCUT2D eigenvalue weighted by molar-refractivity contribution is 7.99. The van der Waals surface area contributed by atoms with Gasteiger partial charge in [-0.25, -0.2) is 0 Å². The summed E-state index contributed by atoms with van der Waals surface area (Å²) in [5.41, 5.74) is 2.95. The summed E-state index contributed by atoms with van der Waals surface area (Å²) in [6, 6.07) is 28.0. The third-order valence-electron chi connectivity index (χ3n) is 5.10. The third kappa shape index (κ3) is 5.86. The molecule has 0 aliphatic carbocycles.